The maximum Gasteiger partial charge on any atom is 0.308 e. The minimum atomic E-state index is -0.208. The number of piperidine rings is 1. The van der Waals surface area contributed by atoms with Crippen molar-refractivity contribution >= 4 is 17.8 Å². The van der Waals surface area contributed by atoms with E-state index in [1.807, 2.05) is 0 Å². The van der Waals surface area contributed by atoms with E-state index in [9.17, 15) is 14.4 Å². The molecule has 0 spiro atoms. The maximum atomic E-state index is 12.5. The monoisotopic (exact) mass is 335 g/mol. The first kappa shape index (κ1) is 16.5. The number of likely N-dealkylation sites (tertiary alicyclic amines) is 2. The number of hydrogen-bond donors (Lipinski definition) is 0. The summed E-state index contributed by atoms with van der Waals surface area (Å²) in [5.74, 6) is -0.0602. The molecule has 0 bridgehead atoms. The molecule has 8 heteroatoms. The normalized spacial score (nSPS) is 19.1. The van der Waals surface area contributed by atoms with Gasteiger partial charge in [-0.05, 0) is 19.8 Å². The number of aryl methyl sites for hydroxylation is 1. The summed E-state index contributed by atoms with van der Waals surface area (Å²) in [6.45, 7) is 3.65. The molecule has 0 N–H and O–H groups in total. The number of ether oxygens (including phenoxy) is 1. The van der Waals surface area contributed by atoms with Crippen LogP contribution in [-0.2, 0) is 14.3 Å². The van der Waals surface area contributed by atoms with Crippen molar-refractivity contribution in [2.24, 2.45) is 11.8 Å². The van der Waals surface area contributed by atoms with Crippen molar-refractivity contribution in [3.8, 4) is 0 Å². The molecular weight excluding hydrogens is 314 g/mol. The minimum absolute atomic E-state index is 0.0544. The third kappa shape index (κ3) is 3.13. The second kappa shape index (κ2) is 6.62. The lowest BCUT2D eigenvalue weighted by Crippen LogP contribution is -2.57. The van der Waals surface area contributed by atoms with E-state index in [0.717, 1.165) is 0 Å². The zero-order chi connectivity index (χ0) is 17.3. The molecule has 0 saturated carbocycles. The molecule has 2 aliphatic rings. The van der Waals surface area contributed by atoms with Crippen LogP contribution < -0.4 is 0 Å². The number of methoxy groups -OCH3 is 1. The van der Waals surface area contributed by atoms with Crippen LogP contribution in [0.2, 0.25) is 0 Å². The molecule has 1 aromatic heterocycles. The van der Waals surface area contributed by atoms with Crippen LogP contribution >= 0.6 is 0 Å². The molecular formula is C16H21N3O5. The number of carbonyl (C=O) groups excluding carboxylic acids is 3. The zero-order valence-corrected chi connectivity index (χ0v) is 13.9. The fraction of sp³-hybridized carbons (Fsp3) is 0.625. The summed E-state index contributed by atoms with van der Waals surface area (Å²) < 4.78 is 9.65. The zero-order valence-electron chi connectivity index (χ0n) is 13.9. The van der Waals surface area contributed by atoms with E-state index >= 15 is 0 Å². The van der Waals surface area contributed by atoms with Gasteiger partial charge in [0.15, 0.2) is 5.69 Å². The second-order valence-corrected chi connectivity index (χ2v) is 6.35. The van der Waals surface area contributed by atoms with Crippen LogP contribution in [0.25, 0.3) is 0 Å². The van der Waals surface area contributed by atoms with Gasteiger partial charge >= 0.3 is 5.97 Å². The van der Waals surface area contributed by atoms with Gasteiger partial charge in [0.05, 0.1) is 18.9 Å². The first-order valence-corrected chi connectivity index (χ1v) is 8.08. The number of rotatable bonds is 3. The van der Waals surface area contributed by atoms with Crippen molar-refractivity contribution < 1.29 is 23.6 Å². The SMILES string of the molecule is COC(=O)C1CCN(C(=O)C2CN(C(=O)c3cc(C)on3)C2)CC1. The lowest BCUT2D eigenvalue weighted by molar-refractivity contribution is -0.150. The van der Waals surface area contributed by atoms with E-state index in [0.29, 0.717) is 44.8 Å². The molecule has 2 amide bonds. The van der Waals surface area contributed by atoms with E-state index in [-0.39, 0.29) is 35.3 Å². The van der Waals surface area contributed by atoms with Crippen LogP contribution in [0.4, 0.5) is 0 Å². The highest BCUT2D eigenvalue weighted by molar-refractivity contribution is 5.94. The Bertz CT molecular complexity index is 642. The molecule has 0 aliphatic carbocycles. The van der Waals surface area contributed by atoms with Gasteiger partial charge < -0.3 is 19.1 Å². The first-order valence-electron chi connectivity index (χ1n) is 8.08. The van der Waals surface area contributed by atoms with Crippen LogP contribution in [0, 0.1) is 18.8 Å². The van der Waals surface area contributed by atoms with Gasteiger partial charge in [0.1, 0.15) is 5.76 Å². The Morgan fingerprint density at radius 3 is 2.38 bits per heavy atom. The average molecular weight is 335 g/mol. The summed E-state index contributed by atoms with van der Waals surface area (Å²) in [6, 6.07) is 1.59. The van der Waals surface area contributed by atoms with Gasteiger partial charge in [0.2, 0.25) is 5.91 Å². The van der Waals surface area contributed by atoms with Gasteiger partial charge in [-0.2, -0.15) is 0 Å². The molecule has 8 nitrogen and oxygen atoms in total. The highest BCUT2D eigenvalue weighted by atomic mass is 16.5. The Hall–Kier alpha value is -2.38. The van der Waals surface area contributed by atoms with E-state index in [1.54, 1.807) is 22.8 Å². The number of carbonyl (C=O) groups is 3. The standard InChI is InChI=1S/C16H21N3O5/c1-10-7-13(17-24-10)15(21)19-8-12(9-19)14(20)18-5-3-11(4-6-18)16(22)23-2/h7,11-12H,3-6,8-9H2,1-2H3. The molecule has 2 saturated heterocycles. The summed E-state index contributed by atoms with van der Waals surface area (Å²) in [5.41, 5.74) is 0.275. The fourth-order valence-electron chi connectivity index (χ4n) is 3.19. The van der Waals surface area contributed by atoms with Gasteiger partial charge in [-0.15, -0.1) is 0 Å². The molecule has 0 unspecified atom stereocenters. The number of aromatic nitrogens is 1. The molecule has 24 heavy (non-hydrogen) atoms. The molecule has 1 aromatic rings. The van der Waals surface area contributed by atoms with Crippen LogP contribution in [0.1, 0.15) is 29.1 Å². The third-order valence-electron chi connectivity index (χ3n) is 4.71. The van der Waals surface area contributed by atoms with Crippen LogP contribution in [0.5, 0.6) is 0 Å². The maximum absolute atomic E-state index is 12.5. The molecule has 3 heterocycles. The van der Waals surface area contributed by atoms with Crippen molar-refractivity contribution in [2.45, 2.75) is 19.8 Å². The van der Waals surface area contributed by atoms with Crippen LogP contribution in [-0.4, -0.2) is 66.0 Å². The predicted octanol–water partition coefficient (Wildman–Crippen LogP) is 0.467. The number of nitrogens with zero attached hydrogens (tertiary/aromatic N) is 3. The van der Waals surface area contributed by atoms with Crippen LogP contribution in [0.3, 0.4) is 0 Å². The highest BCUT2D eigenvalue weighted by Gasteiger charge is 2.40. The second-order valence-electron chi connectivity index (χ2n) is 6.35. The highest BCUT2D eigenvalue weighted by Crippen LogP contribution is 2.24. The molecule has 0 atom stereocenters. The van der Waals surface area contributed by atoms with Gasteiger partial charge in [-0.3, -0.25) is 14.4 Å². The Morgan fingerprint density at radius 2 is 1.83 bits per heavy atom. The van der Waals surface area contributed by atoms with E-state index in [4.69, 9.17) is 9.26 Å². The van der Waals surface area contributed by atoms with E-state index in [2.05, 4.69) is 5.16 Å². The largest absolute Gasteiger partial charge is 0.469 e. The van der Waals surface area contributed by atoms with Crippen molar-refractivity contribution in [2.75, 3.05) is 33.3 Å². The Balaban J connectivity index is 1.47. The Kier molecular flexibility index (Phi) is 4.55. The minimum Gasteiger partial charge on any atom is -0.469 e. The lowest BCUT2D eigenvalue weighted by Gasteiger charge is -2.41. The molecule has 2 aliphatic heterocycles. The topological polar surface area (TPSA) is 93.0 Å². The molecule has 0 aromatic carbocycles. The number of amides is 2. The van der Waals surface area contributed by atoms with Crippen molar-refractivity contribution in [3.63, 3.8) is 0 Å². The first-order chi connectivity index (χ1) is 11.5. The van der Waals surface area contributed by atoms with Gasteiger partial charge in [-0.1, -0.05) is 5.16 Å². The van der Waals surface area contributed by atoms with Gasteiger partial charge in [-0.25, -0.2) is 0 Å². The lowest BCUT2D eigenvalue weighted by atomic mass is 9.93. The summed E-state index contributed by atoms with van der Waals surface area (Å²) in [6.07, 6.45) is 1.26. The van der Waals surface area contributed by atoms with Crippen molar-refractivity contribution in [3.05, 3.63) is 17.5 Å². The average Bonchev–Trinajstić information content (AvgIpc) is 2.99. The van der Waals surface area contributed by atoms with E-state index in [1.165, 1.54) is 7.11 Å². The summed E-state index contributed by atoms with van der Waals surface area (Å²) in [5, 5.41) is 3.71. The number of esters is 1. The van der Waals surface area contributed by atoms with Gasteiger partial charge in [0, 0.05) is 32.2 Å². The predicted molar refractivity (Wildman–Crippen MR) is 82.0 cm³/mol. The Labute approximate surface area is 139 Å². The molecule has 0 radical (unpaired) electrons. The molecule has 130 valence electrons. The summed E-state index contributed by atoms with van der Waals surface area (Å²) in [7, 11) is 1.39. The van der Waals surface area contributed by atoms with Crippen molar-refractivity contribution in [1.82, 2.24) is 15.0 Å². The Morgan fingerprint density at radius 1 is 1.17 bits per heavy atom. The fourth-order valence-corrected chi connectivity index (χ4v) is 3.19. The summed E-state index contributed by atoms with van der Waals surface area (Å²) in [4.78, 5) is 39.5. The number of hydrogen-bond acceptors (Lipinski definition) is 6. The molecule has 3 rings (SSSR count). The van der Waals surface area contributed by atoms with Crippen LogP contribution in [0.15, 0.2) is 10.6 Å². The molecule has 2 fully saturated rings. The quantitative estimate of drug-likeness (QED) is 0.745. The van der Waals surface area contributed by atoms with E-state index < -0.39 is 0 Å². The summed E-state index contributed by atoms with van der Waals surface area (Å²) >= 11 is 0. The van der Waals surface area contributed by atoms with Gasteiger partial charge in [0.25, 0.3) is 5.91 Å². The smallest absolute Gasteiger partial charge is 0.308 e. The third-order valence-corrected chi connectivity index (χ3v) is 4.71. The van der Waals surface area contributed by atoms with Crippen molar-refractivity contribution in [1.29, 1.82) is 0 Å².